The van der Waals surface area contributed by atoms with Crippen LogP contribution >= 0.6 is 0 Å². The Bertz CT molecular complexity index is 801. The Morgan fingerprint density at radius 2 is 1.74 bits per heavy atom. The second kappa shape index (κ2) is 7.05. The molecule has 0 radical (unpaired) electrons. The minimum Gasteiger partial charge on any atom is -0.376 e. The Morgan fingerprint density at radius 1 is 0.963 bits per heavy atom. The van der Waals surface area contributed by atoms with Gasteiger partial charge in [0, 0.05) is 63.0 Å². The number of piperazine rings is 1. The van der Waals surface area contributed by atoms with Gasteiger partial charge in [0.1, 0.15) is 5.82 Å². The zero-order valence-electron chi connectivity index (χ0n) is 15.4. The van der Waals surface area contributed by atoms with Crippen molar-refractivity contribution in [2.75, 3.05) is 55.7 Å². The number of fused-ring (bicyclic) bond motifs is 1. The van der Waals surface area contributed by atoms with E-state index < -0.39 is 0 Å². The molecule has 3 aliphatic rings. The van der Waals surface area contributed by atoms with Gasteiger partial charge < -0.3 is 14.5 Å². The fraction of sp³-hybridized carbons (Fsp3) is 0.500. The molecule has 0 unspecified atom stereocenters. The molecule has 6 nitrogen and oxygen atoms in total. The molecule has 0 N–H and O–H groups in total. The van der Waals surface area contributed by atoms with E-state index in [1.807, 2.05) is 12.1 Å². The molecule has 0 spiro atoms. The lowest BCUT2D eigenvalue weighted by Gasteiger charge is -2.48. The predicted molar refractivity (Wildman–Crippen MR) is 102 cm³/mol. The number of hydrogen-bond acceptors (Lipinski definition) is 6. The molecule has 0 amide bonds. The fourth-order valence-corrected chi connectivity index (χ4v) is 4.16. The Kier molecular flexibility index (Phi) is 4.41. The molecule has 4 heterocycles. The molecule has 142 valence electrons. The molecule has 7 heteroatoms. The maximum atomic E-state index is 13.1. The lowest BCUT2D eigenvalue weighted by molar-refractivity contribution is 0.108. The van der Waals surface area contributed by atoms with Gasteiger partial charge in [0.2, 0.25) is 0 Å². The maximum Gasteiger partial charge on any atom is 0.151 e. The molecule has 0 aliphatic carbocycles. The third kappa shape index (κ3) is 3.37. The van der Waals surface area contributed by atoms with Crippen molar-refractivity contribution in [3.05, 3.63) is 47.4 Å². The zero-order chi connectivity index (χ0) is 18.2. The van der Waals surface area contributed by atoms with Crippen LogP contribution in [0.3, 0.4) is 0 Å². The molecule has 0 saturated carbocycles. The summed E-state index contributed by atoms with van der Waals surface area (Å²) < 4.78 is 18.6. The van der Waals surface area contributed by atoms with Crippen molar-refractivity contribution in [3.63, 3.8) is 0 Å². The maximum absolute atomic E-state index is 13.1. The van der Waals surface area contributed by atoms with Crippen molar-refractivity contribution in [1.29, 1.82) is 0 Å². The van der Waals surface area contributed by atoms with Crippen LogP contribution in [0.1, 0.15) is 11.3 Å². The summed E-state index contributed by atoms with van der Waals surface area (Å²) >= 11 is 0. The van der Waals surface area contributed by atoms with Crippen LogP contribution in [0.4, 0.5) is 15.9 Å². The Hall–Kier alpha value is -2.25. The summed E-state index contributed by atoms with van der Waals surface area (Å²) in [5.74, 6) is 0.796. The topological polar surface area (TPSA) is 44.7 Å². The molecule has 3 aliphatic heterocycles. The van der Waals surface area contributed by atoms with Gasteiger partial charge in [-0.3, -0.25) is 4.90 Å². The van der Waals surface area contributed by atoms with Gasteiger partial charge in [0.05, 0.1) is 18.9 Å². The average Bonchev–Trinajstić information content (AvgIpc) is 2.68. The normalized spacial score (nSPS) is 21.1. The molecule has 2 saturated heterocycles. The third-order valence-electron chi connectivity index (χ3n) is 5.90. The summed E-state index contributed by atoms with van der Waals surface area (Å²) in [4.78, 5) is 7.20. The molecule has 1 aromatic heterocycles. The van der Waals surface area contributed by atoms with Crippen LogP contribution in [0.2, 0.25) is 0 Å². The monoisotopic (exact) mass is 369 g/mol. The number of anilines is 2. The molecule has 2 fully saturated rings. The molecule has 0 bridgehead atoms. The van der Waals surface area contributed by atoms with Crippen LogP contribution in [0.5, 0.6) is 0 Å². The summed E-state index contributed by atoms with van der Waals surface area (Å²) in [5, 5.41) is 8.81. The minimum absolute atomic E-state index is 0.177. The summed E-state index contributed by atoms with van der Waals surface area (Å²) in [6.07, 6.45) is 0.865. The van der Waals surface area contributed by atoms with Crippen LogP contribution in [0.15, 0.2) is 30.3 Å². The highest BCUT2D eigenvalue weighted by Gasteiger charge is 2.34. The van der Waals surface area contributed by atoms with E-state index in [0.717, 1.165) is 69.5 Å². The van der Waals surface area contributed by atoms with Gasteiger partial charge >= 0.3 is 0 Å². The van der Waals surface area contributed by atoms with Crippen LogP contribution in [-0.4, -0.2) is 67.0 Å². The Balaban J connectivity index is 1.15. The van der Waals surface area contributed by atoms with E-state index in [9.17, 15) is 4.39 Å². The van der Waals surface area contributed by atoms with Crippen molar-refractivity contribution in [2.45, 2.75) is 19.1 Å². The molecule has 1 aromatic carbocycles. The summed E-state index contributed by atoms with van der Waals surface area (Å²) in [6, 6.07) is 9.54. The molecule has 0 atom stereocenters. The van der Waals surface area contributed by atoms with Gasteiger partial charge in [-0.05, 0) is 30.3 Å². The lowest BCUT2D eigenvalue weighted by Crippen LogP contribution is -2.63. The van der Waals surface area contributed by atoms with E-state index in [1.165, 1.54) is 17.7 Å². The summed E-state index contributed by atoms with van der Waals surface area (Å²) in [5.41, 5.74) is 3.37. The summed E-state index contributed by atoms with van der Waals surface area (Å²) in [6.45, 7) is 7.46. The Morgan fingerprint density at radius 3 is 2.52 bits per heavy atom. The van der Waals surface area contributed by atoms with Crippen LogP contribution in [0, 0.1) is 5.82 Å². The number of ether oxygens (including phenoxy) is 1. The highest BCUT2D eigenvalue weighted by atomic mass is 19.1. The van der Waals surface area contributed by atoms with Crippen molar-refractivity contribution in [2.24, 2.45) is 0 Å². The van der Waals surface area contributed by atoms with Crippen molar-refractivity contribution in [3.8, 4) is 0 Å². The minimum atomic E-state index is -0.177. The second-order valence-electron chi connectivity index (χ2n) is 7.54. The highest BCUT2D eigenvalue weighted by molar-refractivity contribution is 5.47. The first-order valence-electron chi connectivity index (χ1n) is 9.69. The van der Waals surface area contributed by atoms with Gasteiger partial charge in [-0.25, -0.2) is 4.39 Å². The van der Waals surface area contributed by atoms with Gasteiger partial charge in [0.25, 0.3) is 0 Å². The van der Waals surface area contributed by atoms with Crippen LogP contribution in [-0.2, 0) is 17.8 Å². The van der Waals surface area contributed by atoms with Crippen molar-refractivity contribution < 1.29 is 9.13 Å². The van der Waals surface area contributed by atoms with Crippen molar-refractivity contribution >= 4 is 11.5 Å². The third-order valence-corrected chi connectivity index (χ3v) is 5.90. The standard InChI is InChI=1S/C20H24FN5O/c21-16-1-3-17(4-2-16)24-6-8-25(9-7-24)18-12-26(13-18)20-11-15-14-27-10-5-19(15)22-23-20/h1-4,11,18H,5-10,12-14H2. The van der Waals surface area contributed by atoms with Gasteiger partial charge in [-0.15, -0.1) is 5.10 Å². The molecule has 5 rings (SSSR count). The van der Waals surface area contributed by atoms with Crippen LogP contribution in [0.25, 0.3) is 0 Å². The number of hydrogen-bond donors (Lipinski definition) is 0. The molecule has 2 aromatic rings. The highest BCUT2D eigenvalue weighted by Crippen LogP contribution is 2.26. The van der Waals surface area contributed by atoms with Gasteiger partial charge in [0.15, 0.2) is 5.82 Å². The van der Waals surface area contributed by atoms with Gasteiger partial charge in [-0.1, -0.05) is 0 Å². The number of rotatable bonds is 3. The van der Waals surface area contributed by atoms with E-state index in [-0.39, 0.29) is 5.82 Å². The molecule has 27 heavy (non-hydrogen) atoms. The van der Waals surface area contributed by atoms with E-state index in [1.54, 1.807) is 0 Å². The first-order valence-corrected chi connectivity index (χ1v) is 9.69. The first kappa shape index (κ1) is 16.9. The van der Waals surface area contributed by atoms with Crippen LogP contribution < -0.4 is 9.80 Å². The summed E-state index contributed by atoms with van der Waals surface area (Å²) in [7, 11) is 0. The molecular formula is C20H24FN5O. The SMILES string of the molecule is Fc1ccc(N2CCN(C3CN(c4cc5c(nn4)CCOC5)C3)CC2)cc1. The van der Waals surface area contributed by atoms with E-state index >= 15 is 0 Å². The Labute approximate surface area is 158 Å². The average molecular weight is 369 g/mol. The largest absolute Gasteiger partial charge is 0.376 e. The van der Waals surface area contributed by atoms with E-state index in [4.69, 9.17) is 4.74 Å². The van der Waals surface area contributed by atoms with Crippen molar-refractivity contribution in [1.82, 2.24) is 15.1 Å². The number of benzene rings is 1. The second-order valence-corrected chi connectivity index (χ2v) is 7.54. The quantitative estimate of drug-likeness (QED) is 0.821. The molecular weight excluding hydrogens is 345 g/mol. The number of aromatic nitrogens is 2. The predicted octanol–water partition coefficient (Wildman–Crippen LogP) is 1.70. The fourth-order valence-electron chi connectivity index (χ4n) is 4.16. The lowest BCUT2D eigenvalue weighted by atomic mass is 10.0. The smallest absolute Gasteiger partial charge is 0.151 e. The first-order chi connectivity index (χ1) is 13.3. The van der Waals surface area contributed by atoms with E-state index in [0.29, 0.717) is 12.6 Å². The number of halogens is 1. The number of nitrogens with zero attached hydrogens (tertiary/aromatic N) is 5. The van der Waals surface area contributed by atoms with Gasteiger partial charge in [-0.2, -0.15) is 5.10 Å². The van der Waals surface area contributed by atoms with E-state index in [2.05, 4.69) is 31.0 Å². The zero-order valence-corrected chi connectivity index (χ0v) is 15.4.